The van der Waals surface area contributed by atoms with Crippen molar-refractivity contribution in [3.8, 4) is 0 Å². The average Bonchev–Trinajstić information content (AvgIpc) is 2.38. The molecule has 1 aromatic carbocycles. The summed E-state index contributed by atoms with van der Waals surface area (Å²) in [6.07, 6.45) is 0. The van der Waals surface area contributed by atoms with Gasteiger partial charge < -0.3 is 10.6 Å². The maximum atomic E-state index is 11.7. The fourth-order valence-corrected chi connectivity index (χ4v) is 1.88. The lowest BCUT2D eigenvalue weighted by atomic mass is 10.2. The summed E-state index contributed by atoms with van der Waals surface area (Å²) >= 11 is 0. The molecule has 0 aromatic heterocycles. The molecule has 0 unspecified atom stereocenters. The molecule has 0 spiro atoms. The Morgan fingerprint density at radius 2 is 2.11 bits per heavy atom. The van der Waals surface area contributed by atoms with Gasteiger partial charge in [0.1, 0.15) is 0 Å². The summed E-state index contributed by atoms with van der Waals surface area (Å²) in [5, 5.41) is 5.58. The van der Waals surface area contributed by atoms with Crippen LogP contribution in [0, 0.1) is 0 Å². The van der Waals surface area contributed by atoms with Crippen molar-refractivity contribution in [2.24, 2.45) is 0 Å². The maximum absolute atomic E-state index is 11.7. The second-order valence-corrected chi connectivity index (χ2v) is 4.32. The van der Waals surface area contributed by atoms with Gasteiger partial charge in [-0.1, -0.05) is 30.3 Å². The van der Waals surface area contributed by atoms with Crippen LogP contribution in [0.25, 0.3) is 0 Å². The number of benzene rings is 1. The van der Waals surface area contributed by atoms with Gasteiger partial charge in [0, 0.05) is 19.6 Å². The third-order valence-electron chi connectivity index (χ3n) is 2.82. The van der Waals surface area contributed by atoms with Crippen molar-refractivity contribution in [2.45, 2.75) is 6.54 Å². The molecule has 2 rings (SSSR count). The van der Waals surface area contributed by atoms with Crippen molar-refractivity contribution in [3.63, 3.8) is 0 Å². The average molecular weight is 247 g/mol. The highest BCUT2D eigenvalue weighted by atomic mass is 16.2. The second kappa shape index (κ2) is 6.16. The van der Waals surface area contributed by atoms with E-state index in [-0.39, 0.29) is 18.4 Å². The van der Waals surface area contributed by atoms with Gasteiger partial charge in [-0.15, -0.1) is 0 Å². The molecule has 0 aliphatic carbocycles. The van der Waals surface area contributed by atoms with Crippen LogP contribution < -0.4 is 10.6 Å². The molecule has 1 aliphatic heterocycles. The van der Waals surface area contributed by atoms with Crippen LogP contribution in [-0.4, -0.2) is 42.9 Å². The molecular weight excluding hydrogens is 230 g/mol. The standard InChI is InChI=1S/C13H17N3O2/c17-12-9-16(7-6-14-12)10-13(18)15-8-11-4-2-1-3-5-11/h1-5H,6-10H2,(H,14,17)(H,15,18). The van der Waals surface area contributed by atoms with E-state index in [4.69, 9.17) is 0 Å². The zero-order valence-electron chi connectivity index (χ0n) is 10.2. The molecule has 18 heavy (non-hydrogen) atoms. The molecule has 1 aromatic rings. The van der Waals surface area contributed by atoms with E-state index in [2.05, 4.69) is 10.6 Å². The van der Waals surface area contributed by atoms with Crippen LogP contribution in [-0.2, 0) is 16.1 Å². The van der Waals surface area contributed by atoms with E-state index in [0.29, 0.717) is 19.6 Å². The van der Waals surface area contributed by atoms with E-state index in [1.165, 1.54) is 0 Å². The largest absolute Gasteiger partial charge is 0.354 e. The molecule has 96 valence electrons. The third kappa shape index (κ3) is 3.85. The lowest BCUT2D eigenvalue weighted by Crippen LogP contribution is -2.50. The first-order valence-corrected chi connectivity index (χ1v) is 6.04. The van der Waals surface area contributed by atoms with Gasteiger partial charge in [-0.3, -0.25) is 14.5 Å². The lowest BCUT2D eigenvalue weighted by molar-refractivity contribution is -0.127. The van der Waals surface area contributed by atoms with Crippen LogP contribution >= 0.6 is 0 Å². The van der Waals surface area contributed by atoms with Crippen molar-refractivity contribution < 1.29 is 9.59 Å². The van der Waals surface area contributed by atoms with Crippen LogP contribution in [0.1, 0.15) is 5.56 Å². The van der Waals surface area contributed by atoms with Crippen LogP contribution in [0.5, 0.6) is 0 Å². The number of amides is 2. The molecule has 0 atom stereocenters. The third-order valence-corrected chi connectivity index (χ3v) is 2.82. The van der Waals surface area contributed by atoms with Gasteiger partial charge in [-0.05, 0) is 5.56 Å². The zero-order chi connectivity index (χ0) is 12.8. The normalized spacial score (nSPS) is 16.1. The second-order valence-electron chi connectivity index (χ2n) is 4.32. The van der Waals surface area contributed by atoms with E-state index < -0.39 is 0 Å². The maximum Gasteiger partial charge on any atom is 0.234 e. The Kier molecular flexibility index (Phi) is 4.30. The first-order chi connectivity index (χ1) is 8.74. The van der Waals surface area contributed by atoms with E-state index in [1.807, 2.05) is 35.2 Å². The number of carbonyl (C=O) groups excluding carboxylic acids is 2. The summed E-state index contributed by atoms with van der Waals surface area (Å²) in [5.41, 5.74) is 1.07. The van der Waals surface area contributed by atoms with Gasteiger partial charge in [0.2, 0.25) is 11.8 Å². The number of nitrogens with one attached hydrogen (secondary N) is 2. The smallest absolute Gasteiger partial charge is 0.234 e. The highest BCUT2D eigenvalue weighted by Gasteiger charge is 2.18. The van der Waals surface area contributed by atoms with Crippen molar-refractivity contribution in [3.05, 3.63) is 35.9 Å². The highest BCUT2D eigenvalue weighted by molar-refractivity contribution is 5.81. The number of nitrogens with zero attached hydrogens (tertiary/aromatic N) is 1. The minimum atomic E-state index is -0.0476. The first kappa shape index (κ1) is 12.6. The Balaban J connectivity index is 1.73. The van der Waals surface area contributed by atoms with Crippen molar-refractivity contribution in [2.75, 3.05) is 26.2 Å². The quantitative estimate of drug-likeness (QED) is 0.770. The molecule has 2 N–H and O–H groups in total. The van der Waals surface area contributed by atoms with E-state index >= 15 is 0 Å². The Labute approximate surface area is 106 Å². The van der Waals surface area contributed by atoms with E-state index in [0.717, 1.165) is 12.1 Å². The molecule has 1 heterocycles. The molecule has 0 bridgehead atoms. The number of carbonyl (C=O) groups is 2. The van der Waals surface area contributed by atoms with Gasteiger partial charge in [0.15, 0.2) is 0 Å². The molecule has 0 radical (unpaired) electrons. The Morgan fingerprint density at radius 1 is 1.33 bits per heavy atom. The van der Waals surface area contributed by atoms with Crippen molar-refractivity contribution in [1.29, 1.82) is 0 Å². The minimum Gasteiger partial charge on any atom is -0.354 e. The SMILES string of the molecule is O=C1CN(CC(=O)NCc2ccccc2)CCN1. The first-order valence-electron chi connectivity index (χ1n) is 6.04. The molecular formula is C13H17N3O2. The summed E-state index contributed by atoms with van der Waals surface area (Å²) < 4.78 is 0. The van der Waals surface area contributed by atoms with Gasteiger partial charge >= 0.3 is 0 Å². The van der Waals surface area contributed by atoms with Crippen molar-refractivity contribution >= 4 is 11.8 Å². The lowest BCUT2D eigenvalue weighted by Gasteiger charge is -2.25. The van der Waals surface area contributed by atoms with Gasteiger partial charge in [0.05, 0.1) is 13.1 Å². The summed E-state index contributed by atoms with van der Waals surface area (Å²) in [7, 11) is 0. The predicted molar refractivity (Wildman–Crippen MR) is 67.7 cm³/mol. The number of rotatable bonds is 4. The summed E-state index contributed by atoms with van der Waals surface area (Å²) in [4.78, 5) is 24.7. The summed E-state index contributed by atoms with van der Waals surface area (Å²) in [6.45, 7) is 2.45. The molecule has 1 saturated heterocycles. The molecule has 5 heteroatoms. The molecule has 5 nitrogen and oxygen atoms in total. The van der Waals surface area contributed by atoms with Gasteiger partial charge in [-0.25, -0.2) is 0 Å². The summed E-state index contributed by atoms with van der Waals surface area (Å²) in [5.74, 6) is -0.0642. The summed E-state index contributed by atoms with van der Waals surface area (Å²) in [6, 6.07) is 9.76. The van der Waals surface area contributed by atoms with Crippen LogP contribution in [0.3, 0.4) is 0 Å². The monoisotopic (exact) mass is 247 g/mol. The van der Waals surface area contributed by atoms with E-state index in [1.54, 1.807) is 0 Å². The highest BCUT2D eigenvalue weighted by Crippen LogP contribution is 1.98. The van der Waals surface area contributed by atoms with Crippen molar-refractivity contribution in [1.82, 2.24) is 15.5 Å². The fourth-order valence-electron chi connectivity index (χ4n) is 1.88. The van der Waals surface area contributed by atoms with Crippen LogP contribution in [0.15, 0.2) is 30.3 Å². The van der Waals surface area contributed by atoms with Crippen LogP contribution in [0.2, 0.25) is 0 Å². The van der Waals surface area contributed by atoms with E-state index in [9.17, 15) is 9.59 Å². The fraction of sp³-hybridized carbons (Fsp3) is 0.385. The van der Waals surface area contributed by atoms with Gasteiger partial charge in [-0.2, -0.15) is 0 Å². The topological polar surface area (TPSA) is 61.4 Å². The molecule has 2 amide bonds. The predicted octanol–water partition coefficient (Wildman–Crippen LogP) is -0.265. The Bertz CT molecular complexity index is 420. The van der Waals surface area contributed by atoms with Gasteiger partial charge in [0.25, 0.3) is 0 Å². The Morgan fingerprint density at radius 3 is 2.83 bits per heavy atom. The molecule has 1 fully saturated rings. The number of hydrogen-bond acceptors (Lipinski definition) is 3. The zero-order valence-corrected chi connectivity index (χ0v) is 10.2. The number of hydrogen-bond donors (Lipinski definition) is 2. The Hall–Kier alpha value is -1.88. The molecule has 1 aliphatic rings. The number of piperazine rings is 1. The van der Waals surface area contributed by atoms with Crippen LogP contribution in [0.4, 0.5) is 0 Å². The minimum absolute atomic E-state index is 0.0166. The molecule has 0 saturated carbocycles.